The van der Waals surface area contributed by atoms with Crippen molar-refractivity contribution in [1.29, 1.82) is 0 Å². The molecule has 0 atom stereocenters. The number of hydrogen-bond donors (Lipinski definition) is 1. The Morgan fingerprint density at radius 2 is 1.79 bits per heavy atom. The van der Waals surface area contributed by atoms with E-state index in [0.29, 0.717) is 31.1 Å². The third-order valence-electron chi connectivity index (χ3n) is 4.42. The molecule has 1 N–H and O–H groups in total. The van der Waals surface area contributed by atoms with Crippen molar-refractivity contribution in [2.24, 2.45) is 0 Å². The molecular weight excluding hydrogens is 382 g/mol. The summed E-state index contributed by atoms with van der Waals surface area (Å²) in [7, 11) is -3.65. The van der Waals surface area contributed by atoms with E-state index >= 15 is 0 Å². The normalized spacial score (nSPS) is 14.8. The quantitative estimate of drug-likeness (QED) is 0.756. The predicted molar refractivity (Wildman–Crippen MR) is 105 cm³/mol. The Hall–Kier alpha value is -2.65. The molecule has 0 radical (unpaired) electrons. The monoisotopic (exact) mass is 405 g/mol. The molecular formula is C19H23N3O5S. The molecule has 9 heteroatoms. The fourth-order valence-electron chi connectivity index (χ4n) is 3.02. The Bertz CT molecular complexity index is 993. The maximum atomic E-state index is 12.7. The Morgan fingerprint density at radius 3 is 2.43 bits per heavy atom. The number of ether oxygens (including phenoxy) is 1. The molecule has 2 heterocycles. The van der Waals surface area contributed by atoms with Gasteiger partial charge in [0.25, 0.3) is 5.56 Å². The van der Waals surface area contributed by atoms with Crippen LogP contribution in [0.25, 0.3) is 0 Å². The van der Waals surface area contributed by atoms with Crippen LogP contribution in [0.15, 0.2) is 52.3 Å². The first-order valence-corrected chi connectivity index (χ1v) is 10.6. The van der Waals surface area contributed by atoms with Crippen LogP contribution in [0.4, 0.5) is 5.69 Å². The molecule has 8 nitrogen and oxygen atoms in total. The van der Waals surface area contributed by atoms with Gasteiger partial charge < -0.3 is 14.6 Å². The zero-order valence-electron chi connectivity index (χ0n) is 15.6. The van der Waals surface area contributed by atoms with Crippen LogP contribution in [0, 0.1) is 0 Å². The van der Waals surface area contributed by atoms with Gasteiger partial charge in [-0.2, -0.15) is 4.31 Å². The molecule has 1 fully saturated rings. The molecule has 150 valence electrons. The van der Waals surface area contributed by atoms with Crippen molar-refractivity contribution in [3.63, 3.8) is 0 Å². The lowest BCUT2D eigenvalue weighted by Gasteiger charge is -2.16. The van der Waals surface area contributed by atoms with Crippen LogP contribution in [0.1, 0.15) is 19.8 Å². The number of rotatable bonds is 7. The van der Waals surface area contributed by atoms with Crippen LogP contribution in [0.3, 0.4) is 0 Å². The fourth-order valence-corrected chi connectivity index (χ4v) is 4.56. The molecule has 1 aromatic heterocycles. The highest BCUT2D eigenvalue weighted by atomic mass is 32.2. The summed E-state index contributed by atoms with van der Waals surface area (Å²) in [5, 5.41) is 2.69. The summed E-state index contributed by atoms with van der Waals surface area (Å²) >= 11 is 0. The molecule has 2 aromatic rings. The molecule has 1 saturated heterocycles. The van der Waals surface area contributed by atoms with Gasteiger partial charge in [-0.25, -0.2) is 8.42 Å². The lowest BCUT2D eigenvalue weighted by Crippen LogP contribution is -2.31. The zero-order chi connectivity index (χ0) is 20.1. The Balaban J connectivity index is 1.72. The van der Waals surface area contributed by atoms with Crippen LogP contribution < -0.4 is 15.6 Å². The van der Waals surface area contributed by atoms with Crippen LogP contribution in [0.2, 0.25) is 0 Å². The largest absolute Gasteiger partial charge is 0.494 e. The maximum Gasteiger partial charge on any atom is 0.251 e. The molecule has 3 rings (SSSR count). The van der Waals surface area contributed by atoms with E-state index in [2.05, 4.69) is 5.32 Å². The SMILES string of the molecule is CCOc1ccc(NC(=O)Cn2cc(S(=O)(=O)N3CCCC3)ccc2=O)cc1. The smallest absolute Gasteiger partial charge is 0.251 e. The number of sulfonamides is 1. The minimum absolute atomic E-state index is 0.0165. The van der Waals surface area contributed by atoms with Gasteiger partial charge >= 0.3 is 0 Å². The first-order chi connectivity index (χ1) is 13.4. The van der Waals surface area contributed by atoms with Crippen molar-refractivity contribution in [1.82, 2.24) is 8.87 Å². The van der Waals surface area contributed by atoms with Gasteiger partial charge in [0, 0.05) is 31.0 Å². The minimum Gasteiger partial charge on any atom is -0.494 e. The summed E-state index contributed by atoms with van der Waals surface area (Å²) in [6.07, 6.45) is 2.88. The van der Waals surface area contributed by atoms with E-state index in [9.17, 15) is 18.0 Å². The fraction of sp³-hybridized carbons (Fsp3) is 0.368. The van der Waals surface area contributed by atoms with Crippen molar-refractivity contribution in [2.45, 2.75) is 31.2 Å². The van der Waals surface area contributed by atoms with E-state index in [1.165, 1.54) is 22.6 Å². The number of anilines is 1. The third kappa shape index (κ3) is 4.60. The van der Waals surface area contributed by atoms with Gasteiger partial charge in [-0.3, -0.25) is 9.59 Å². The lowest BCUT2D eigenvalue weighted by atomic mass is 10.3. The topological polar surface area (TPSA) is 97.7 Å². The molecule has 1 aromatic carbocycles. The second-order valence-corrected chi connectivity index (χ2v) is 8.39. The predicted octanol–water partition coefficient (Wildman–Crippen LogP) is 1.67. The average Bonchev–Trinajstić information content (AvgIpc) is 3.21. The van der Waals surface area contributed by atoms with Gasteiger partial charge in [-0.1, -0.05) is 0 Å². The third-order valence-corrected chi connectivity index (χ3v) is 6.30. The van der Waals surface area contributed by atoms with E-state index in [-0.39, 0.29) is 11.4 Å². The molecule has 0 bridgehead atoms. The van der Waals surface area contributed by atoms with Crippen molar-refractivity contribution >= 4 is 21.6 Å². The van der Waals surface area contributed by atoms with E-state index in [4.69, 9.17) is 4.74 Å². The number of benzene rings is 1. The number of aromatic nitrogens is 1. The van der Waals surface area contributed by atoms with Gasteiger partial charge in [0.1, 0.15) is 12.3 Å². The second-order valence-electron chi connectivity index (χ2n) is 6.45. The molecule has 0 unspecified atom stereocenters. The van der Waals surface area contributed by atoms with E-state index < -0.39 is 21.5 Å². The summed E-state index contributed by atoms with van der Waals surface area (Å²) in [6, 6.07) is 9.31. The first kappa shape index (κ1) is 20.1. The average molecular weight is 405 g/mol. The number of carbonyl (C=O) groups is 1. The highest BCUT2D eigenvalue weighted by Gasteiger charge is 2.27. The van der Waals surface area contributed by atoms with Crippen LogP contribution in [-0.2, 0) is 21.4 Å². The zero-order valence-corrected chi connectivity index (χ0v) is 16.4. The second kappa shape index (κ2) is 8.57. The summed E-state index contributed by atoms with van der Waals surface area (Å²) in [6.45, 7) is 3.09. The molecule has 1 aliphatic rings. The Kier molecular flexibility index (Phi) is 6.15. The van der Waals surface area contributed by atoms with Crippen molar-refractivity contribution in [3.8, 4) is 5.75 Å². The number of nitrogens with one attached hydrogen (secondary N) is 1. The van der Waals surface area contributed by atoms with Crippen molar-refractivity contribution < 1.29 is 17.9 Å². The van der Waals surface area contributed by atoms with E-state index in [1.54, 1.807) is 24.3 Å². The number of carbonyl (C=O) groups excluding carboxylic acids is 1. The Labute approximate surface area is 163 Å². The van der Waals surface area contributed by atoms with E-state index in [1.807, 2.05) is 6.92 Å². The number of amides is 1. The highest BCUT2D eigenvalue weighted by Crippen LogP contribution is 2.20. The van der Waals surface area contributed by atoms with Gasteiger partial charge in [0.2, 0.25) is 15.9 Å². The van der Waals surface area contributed by atoms with Gasteiger partial charge in [-0.15, -0.1) is 0 Å². The summed E-state index contributed by atoms with van der Waals surface area (Å²) in [5.74, 6) is 0.263. The van der Waals surface area contributed by atoms with Gasteiger partial charge in [-0.05, 0) is 50.1 Å². The van der Waals surface area contributed by atoms with Crippen molar-refractivity contribution in [3.05, 3.63) is 52.9 Å². The first-order valence-electron chi connectivity index (χ1n) is 9.13. The molecule has 28 heavy (non-hydrogen) atoms. The molecule has 0 aliphatic carbocycles. The molecule has 0 spiro atoms. The lowest BCUT2D eigenvalue weighted by molar-refractivity contribution is -0.116. The van der Waals surface area contributed by atoms with Crippen LogP contribution >= 0.6 is 0 Å². The van der Waals surface area contributed by atoms with Gasteiger partial charge in [0.05, 0.1) is 11.5 Å². The van der Waals surface area contributed by atoms with Crippen molar-refractivity contribution in [2.75, 3.05) is 25.0 Å². The minimum atomic E-state index is -3.65. The van der Waals surface area contributed by atoms with Crippen LogP contribution in [0.5, 0.6) is 5.75 Å². The Morgan fingerprint density at radius 1 is 1.11 bits per heavy atom. The number of nitrogens with zero attached hydrogens (tertiary/aromatic N) is 2. The maximum absolute atomic E-state index is 12.7. The molecule has 1 amide bonds. The molecule has 1 aliphatic heterocycles. The van der Waals surface area contributed by atoms with Gasteiger partial charge in [0.15, 0.2) is 0 Å². The molecule has 0 saturated carbocycles. The summed E-state index contributed by atoms with van der Waals surface area (Å²) < 4.78 is 33.2. The van der Waals surface area contributed by atoms with Crippen LogP contribution in [-0.4, -0.2) is 42.9 Å². The highest BCUT2D eigenvalue weighted by molar-refractivity contribution is 7.89. The number of hydrogen-bond acceptors (Lipinski definition) is 5. The standard InChI is InChI=1S/C19H23N3O5S/c1-2-27-16-7-5-15(6-8-16)20-18(23)14-21-13-17(9-10-19(21)24)28(25,26)22-11-3-4-12-22/h5-10,13H,2-4,11-12,14H2,1H3,(H,20,23). The summed E-state index contributed by atoms with van der Waals surface area (Å²) in [5.41, 5.74) is 0.115. The van der Waals surface area contributed by atoms with E-state index in [0.717, 1.165) is 17.4 Å². The summed E-state index contributed by atoms with van der Waals surface area (Å²) in [4.78, 5) is 24.4. The number of pyridine rings is 1.